The van der Waals surface area contributed by atoms with Gasteiger partial charge < -0.3 is 10.5 Å². The quantitative estimate of drug-likeness (QED) is 0.794. The number of carbonyl (C=O) groups excluding carboxylic acids is 1. The Balaban J connectivity index is 2.71. The van der Waals surface area contributed by atoms with Crippen molar-refractivity contribution in [2.24, 2.45) is 5.73 Å². The second-order valence-electron chi connectivity index (χ2n) is 4.40. The number of hydrogen-bond donors (Lipinski definition) is 1. The smallest absolute Gasteiger partial charge is 0.419 e. The van der Waals surface area contributed by atoms with Gasteiger partial charge in [-0.15, -0.1) is 0 Å². The normalized spacial score (nSPS) is 11.2. The molecule has 6 heteroatoms. The Morgan fingerprint density at radius 3 is 2.75 bits per heavy atom. The minimum atomic E-state index is -0.523. The molecule has 0 unspecified atom stereocenters. The summed E-state index contributed by atoms with van der Waals surface area (Å²) in [6.45, 7) is 5.41. The van der Waals surface area contributed by atoms with Gasteiger partial charge in [0.05, 0.1) is 10.7 Å². The van der Waals surface area contributed by atoms with E-state index in [9.17, 15) is 4.79 Å². The summed E-state index contributed by atoms with van der Waals surface area (Å²) in [5, 5.41) is 0. The van der Waals surface area contributed by atoms with Crippen LogP contribution in [-0.2, 0) is 11.2 Å². The molecule has 0 saturated heterocycles. The third-order valence-corrected chi connectivity index (χ3v) is 1.74. The van der Waals surface area contributed by atoms with Crippen molar-refractivity contribution in [3.63, 3.8) is 0 Å². The molecule has 0 aliphatic rings. The third kappa shape index (κ3) is 3.98. The number of rotatable bonds is 2. The number of hydrogen-bond acceptors (Lipinski definition) is 4. The molecule has 16 heavy (non-hydrogen) atoms. The highest BCUT2D eigenvalue weighted by atomic mass is 32.1. The van der Waals surface area contributed by atoms with E-state index < -0.39 is 11.7 Å². The molecule has 0 radical (unpaired) electrons. The van der Waals surface area contributed by atoms with Crippen LogP contribution >= 0.6 is 12.2 Å². The first-order valence-corrected chi connectivity index (χ1v) is 5.23. The van der Waals surface area contributed by atoms with Crippen LogP contribution in [0.25, 0.3) is 0 Å². The summed E-state index contributed by atoms with van der Waals surface area (Å²) in [7, 11) is 0. The minimum Gasteiger partial charge on any atom is -0.443 e. The Kier molecular flexibility index (Phi) is 3.64. The van der Waals surface area contributed by atoms with E-state index in [1.165, 1.54) is 10.9 Å². The van der Waals surface area contributed by atoms with Crippen LogP contribution in [-0.4, -0.2) is 26.2 Å². The lowest BCUT2D eigenvalue weighted by molar-refractivity contribution is 0.0536. The average molecular weight is 241 g/mol. The van der Waals surface area contributed by atoms with Gasteiger partial charge in [0.15, 0.2) is 0 Å². The molecule has 0 atom stereocenters. The maximum atomic E-state index is 11.6. The average Bonchev–Trinajstić information content (AvgIpc) is 2.48. The summed E-state index contributed by atoms with van der Waals surface area (Å²) < 4.78 is 6.44. The summed E-state index contributed by atoms with van der Waals surface area (Å²) in [6.07, 6.45) is 2.87. The van der Waals surface area contributed by atoms with Crippen LogP contribution in [0.3, 0.4) is 0 Å². The van der Waals surface area contributed by atoms with Gasteiger partial charge in [0.1, 0.15) is 11.9 Å². The molecule has 88 valence electrons. The van der Waals surface area contributed by atoms with Gasteiger partial charge in [-0.1, -0.05) is 12.2 Å². The second kappa shape index (κ2) is 4.61. The number of nitrogens with two attached hydrogens (primary N) is 1. The van der Waals surface area contributed by atoms with Gasteiger partial charge in [-0.2, -0.15) is 0 Å². The van der Waals surface area contributed by atoms with E-state index in [2.05, 4.69) is 4.98 Å². The van der Waals surface area contributed by atoms with E-state index in [0.717, 1.165) is 0 Å². The van der Waals surface area contributed by atoms with Crippen molar-refractivity contribution in [1.29, 1.82) is 0 Å². The number of imidazole rings is 1. The Hall–Kier alpha value is -1.43. The molecule has 1 aromatic heterocycles. The maximum Gasteiger partial charge on any atom is 0.419 e. The van der Waals surface area contributed by atoms with Gasteiger partial charge >= 0.3 is 6.09 Å². The zero-order valence-electron chi connectivity index (χ0n) is 9.56. The van der Waals surface area contributed by atoms with Crippen LogP contribution < -0.4 is 5.73 Å². The van der Waals surface area contributed by atoms with Gasteiger partial charge in [-0.05, 0) is 20.8 Å². The van der Waals surface area contributed by atoms with Crippen LogP contribution in [0.15, 0.2) is 12.5 Å². The molecule has 1 rings (SSSR count). The molecular weight excluding hydrogens is 226 g/mol. The highest BCUT2D eigenvalue weighted by Crippen LogP contribution is 2.09. The minimum absolute atomic E-state index is 0.342. The number of carbonyl (C=O) groups is 1. The van der Waals surface area contributed by atoms with Crippen molar-refractivity contribution in [2.45, 2.75) is 32.8 Å². The fourth-order valence-corrected chi connectivity index (χ4v) is 1.20. The van der Waals surface area contributed by atoms with E-state index in [-0.39, 0.29) is 0 Å². The molecule has 0 aromatic carbocycles. The Morgan fingerprint density at radius 2 is 2.25 bits per heavy atom. The third-order valence-electron chi connectivity index (χ3n) is 1.60. The van der Waals surface area contributed by atoms with E-state index in [4.69, 9.17) is 22.7 Å². The van der Waals surface area contributed by atoms with Crippen LogP contribution in [0.4, 0.5) is 4.79 Å². The zero-order valence-corrected chi connectivity index (χ0v) is 10.4. The van der Waals surface area contributed by atoms with Crippen molar-refractivity contribution in [2.75, 3.05) is 0 Å². The molecule has 1 heterocycles. The Labute approximate surface area is 99.6 Å². The predicted molar refractivity (Wildman–Crippen MR) is 64.3 cm³/mol. The van der Waals surface area contributed by atoms with Crippen LogP contribution in [0.5, 0.6) is 0 Å². The Morgan fingerprint density at radius 1 is 1.62 bits per heavy atom. The molecule has 5 nitrogen and oxygen atoms in total. The van der Waals surface area contributed by atoms with Gasteiger partial charge in [0.2, 0.25) is 0 Å². The summed E-state index contributed by atoms with van der Waals surface area (Å²) in [5.41, 5.74) is 5.51. The molecule has 0 bridgehead atoms. The van der Waals surface area contributed by atoms with Crippen LogP contribution in [0.1, 0.15) is 26.5 Å². The molecule has 0 amide bonds. The highest BCUT2D eigenvalue weighted by molar-refractivity contribution is 7.80. The molecule has 0 aliphatic heterocycles. The number of thiocarbonyl (C=S) groups is 1. The lowest BCUT2D eigenvalue weighted by Gasteiger charge is -2.19. The number of nitrogens with zero attached hydrogens (tertiary/aromatic N) is 2. The SMILES string of the molecule is CC(C)(C)OC(=O)n1cnc(CC(N)=S)c1. The monoisotopic (exact) mass is 241 g/mol. The second-order valence-corrected chi connectivity index (χ2v) is 4.92. The zero-order chi connectivity index (χ0) is 12.3. The van der Waals surface area contributed by atoms with Crippen molar-refractivity contribution in [1.82, 2.24) is 9.55 Å². The predicted octanol–water partition coefficient (Wildman–Crippen LogP) is 1.49. The molecule has 0 spiro atoms. The fraction of sp³-hybridized carbons (Fsp3) is 0.500. The summed E-state index contributed by atoms with van der Waals surface area (Å²) >= 11 is 4.75. The lowest BCUT2D eigenvalue weighted by atomic mass is 10.2. The molecule has 0 saturated carbocycles. The highest BCUT2D eigenvalue weighted by Gasteiger charge is 2.17. The maximum absolute atomic E-state index is 11.6. The lowest BCUT2D eigenvalue weighted by Crippen LogP contribution is -2.26. The summed E-state index contributed by atoms with van der Waals surface area (Å²) in [4.78, 5) is 15.9. The molecule has 0 fully saturated rings. The Bertz CT molecular complexity index is 406. The van der Waals surface area contributed by atoms with Crippen LogP contribution in [0, 0.1) is 0 Å². The molecular formula is C10H15N3O2S. The van der Waals surface area contributed by atoms with Crippen molar-refractivity contribution >= 4 is 23.3 Å². The van der Waals surface area contributed by atoms with Gasteiger partial charge in [0, 0.05) is 12.6 Å². The molecule has 0 aliphatic carbocycles. The van der Waals surface area contributed by atoms with E-state index >= 15 is 0 Å². The van der Waals surface area contributed by atoms with Crippen LogP contribution in [0.2, 0.25) is 0 Å². The molecule has 2 N–H and O–H groups in total. The first-order chi connectivity index (χ1) is 7.28. The van der Waals surface area contributed by atoms with Gasteiger partial charge in [-0.25, -0.2) is 14.3 Å². The first-order valence-electron chi connectivity index (χ1n) is 4.82. The van der Waals surface area contributed by atoms with Crippen molar-refractivity contribution in [3.05, 3.63) is 18.2 Å². The van der Waals surface area contributed by atoms with E-state index in [0.29, 0.717) is 17.1 Å². The van der Waals surface area contributed by atoms with Crippen molar-refractivity contribution < 1.29 is 9.53 Å². The number of aromatic nitrogens is 2. The topological polar surface area (TPSA) is 70.1 Å². The van der Waals surface area contributed by atoms with E-state index in [1.54, 1.807) is 27.0 Å². The largest absolute Gasteiger partial charge is 0.443 e. The summed E-state index contributed by atoms with van der Waals surface area (Å²) in [6, 6.07) is 0. The fourth-order valence-electron chi connectivity index (χ4n) is 1.05. The summed E-state index contributed by atoms with van der Waals surface area (Å²) in [5.74, 6) is 0. The molecule has 1 aromatic rings. The van der Waals surface area contributed by atoms with Crippen molar-refractivity contribution in [3.8, 4) is 0 Å². The first kappa shape index (κ1) is 12.6. The number of ether oxygens (including phenoxy) is 1. The van der Waals surface area contributed by atoms with Gasteiger partial charge in [0.25, 0.3) is 0 Å². The standard InChI is InChI=1S/C10H15N3O2S/c1-10(2,3)15-9(14)13-5-7(12-6-13)4-8(11)16/h5-6H,4H2,1-3H3,(H2,11,16). The van der Waals surface area contributed by atoms with Gasteiger partial charge in [-0.3, -0.25) is 0 Å². The van der Waals surface area contributed by atoms with E-state index in [1.807, 2.05) is 0 Å².